The van der Waals surface area contributed by atoms with Crippen LogP contribution in [-0.4, -0.2) is 68.9 Å². The third-order valence-electron chi connectivity index (χ3n) is 6.74. The maximum Gasteiger partial charge on any atom is 0.221 e. The molecule has 1 saturated heterocycles. The van der Waals surface area contributed by atoms with Crippen LogP contribution >= 0.6 is 0 Å². The molecule has 1 aromatic carbocycles. The summed E-state index contributed by atoms with van der Waals surface area (Å²) < 4.78 is 17.7. The van der Waals surface area contributed by atoms with Crippen molar-refractivity contribution in [3.63, 3.8) is 0 Å². The molecule has 4 heterocycles. The van der Waals surface area contributed by atoms with E-state index in [0.717, 1.165) is 55.0 Å². The van der Waals surface area contributed by atoms with Crippen LogP contribution in [0, 0.1) is 5.82 Å². The van der Waals surface area contributed by atoms with Crippen molar-refractivity contribution in [2.45, 2.75) is 19.8 Å². The molecular weight excluding hydrogens is 457 g/mol. The smallest absolute Gasteiger partial charge is 0.221 e. The van der Waals surface area contributed by atoms with E-state index in [-0.39, 0.29) is 23.3 Å². The van der Waals surface area contributed by atoms with E-state index in [1.54, 1.807) is 12.3 Å². The molecule has 1 aliphatic rings. The Hall–Kier alpha value is -3.63. The maximum atomic E-state index is 15.8. The Morgan fingerprint density at radius 1 is 1.03 bits per heavy atom. The predicted octanol–water partition coefficient (Wildman–Crippen LogP) is 3.02. The van der Waals surface area contributed by atoms with Gasteiger partial charge in [-0.25, -0.2) is 14.4 Å². The Morgan fingerprint density at radius 2 is 1.78 bits per heavy atom. The summed E-state index contributed by atoms with van der Waals surface area (Å²) in [6, 6.07) is 9.36. The number of fused-ring (bicyclic) bond motifs is 1. The molecule has 9 nitrogen and oxygen atoms in total. The van der Waals surface area contributed by atoms with E-state index in [9.17, 15) is 0 Å². The molecule has 0 atom stereocenters. The van der Waals surface area contributed by atoms with Gasteiger partial charge in [0.15, 0.2) is 5.82 Å². The van der Waals surface area contributed by atoms with Gasteiger partial charge in [0, 0.05) is 63.0 Å². The summed E-state index contributed by atoms with van der Waals surface area (Å²) in [5, 5.41) is 5.55. The molecule has 0 bridgehead atoms. The third-order valence-corrected chi connectivity index (χ3v) is 6.74. The van der Waals surface area contributed by atoms with Gasteiger partial charge < -0.3 is 16.4 Å². The molecule has 0 radical (unpaired) electrons. The van der Waals surface area contributed by atoms with Crippen LogP contribution in [0.1, 0.15) is 25.5 Å². The Balaban J connectivity index is 1.46. The fraction of sp³-hybridized carbons (Fsp3) is 0.385. The molecule has 0 aliphatic carbocycles. The van der Waals surface area contributed by atoms with Crippen LogP contribution < -0.4 is 16.4 Å². The van der Waals surface area contributed by atoms with E-state index >= 15 is 4.39 Å². The first-order valence-corrected chi connectivity index (χ1v) is 12.3. The summed E-state index contributed by atoms with van der Waals surface area (Å²) in [4.78, 5) is 17.6. The minimum atomic E-state index is -0.547. The van der Waals surface area contributed by atoms with Gasteiger partial charge in [0.25, 0.3) is 0 Å². The molecule has 10 heteroatoms. The second-order valence-electron chi connectivity index (χ2n) is 9.51. The predicted molar refractivity (Wildman–Crippen MR) is 141 cm³/mol. The average Bonchev–Trinajstić information content (AvgIpc) is 3.21. The number of piperazine rings is 1. The summed E-state index contributed by atoms with van der Waals surface area (Å²) in [7, 11) is 1.92. The van der Waals surface area contributed by atoms with E-state index in [2.05, 4.69) is 43.7 Å². The number of aromatic nitrogens is 5. The van der Waals surface area contributed by atoms with Crippen molar-refractivity contribution in [3.05, 3.63) is 48.0 Å². The second kappa shape index (κ2) is 9.79. The van der Waals surface area contributed by atoms with E-state index in [1.165, 1.54) is 0 Å². The number of halogens is 1. The third kappa shape index (κ3) is 4.49. The Bertz CT molecular complexity index is 1370. The second-order valence-corrected chi connectivity index (χ2v) is 9.51. The zero-order valence-corrected chi connectivity index (χ0v) is 20.9. The number of nitrogens with zero attached hydrogens (tertiary/aromatic N) is 7. The van der Waals surface area contributed by atoms with Crippen LogP contribution in [0.15, 0.2) is 36.5 Å². The Labute approximate surface area is 210 Å². The highest BCUT2D eigenvalue weighted by atomic mass is 19.1. The standard InChI is InChI=1S/C26H32FN9/c1-16(2)25-19-14-17(4-6-20(19)33-34(25)3)23-22(27)24(32-26(29)31-23)21-7-5-18(15-30-21)36-12-10-35(9-8-28)11-13-36/h4-7,14-16H,8-13,28H2,1-3H3,(H2,29,31,32). The molecule has 1 aliphatic heterocycles. The van der Waals surface area contributed by atoms with Gasteiger partial charge in [-0.05, 0) is 30.2 Å². The first-order chi connectivity index (χ1) is 17.4. The molecule has 36 heavy (non-hydrogen) atoms. The monoisotopic (exact) mass is 489 g/mol. The Kier molecular flexibility index (Phi) is 6.55. The van der Waals surface area contributed by atoms with Gasteiger partial charge in [-0.3, -0.25) is 14.6 Å². The number of nitrogens with two attached hydrogens (primary N) is 2. The van der Waals surface area contributed by atoms with Gasteiger partial charge >= 0.3 is 0 Å². The van der Waals surface area contributed by atoms with Crippen molar-refractivity contribution in [1.82, 2.24) is 29.6 Å². The van der Waals surface area contributed by atoms with Gasteiger partial charge in [0.2, 0.25) is 5.95 Å². The number of hydrogen-bond acceptors (Lipinski definition) is 8. The molecule has 4 aromatic rings. The van der Waals surface area contributed by atoms with Crippen LogP contribution in [0.2, 0.25) is 0 Å². The van der Waals surface area contributed by atoms with Crippen LogP contribution in [0.4, 0.5) is 16.0 Å². The quantitative estimate of drug-likeness (QED) is 0.425. The summed E-state index contributed by atoms with van der Waals surface area (Å²) in [6.45, 7) is 9.51. The summed E-state index contributed by atoms with van der Waals surface area (Å²) >= 11 is 0. The number of hydrogen-bond donors (Lipinski definition) is 2. The lowest BCUT2D eigenvalue weighted by Gasteiger charge is -2.35. The van der Waals surface area contributed by atoms with Crippen molar-refractivity contribution in [3.8, 4) is 22.6 Å². The van der Waals surface area contributed by atoms with Gasteiger partial charge in [0.1, 0.15) is 11.4 Å². The van der Waals surface area contributed by atoms with Crippen LogP contribution in [0.5, 0.6) is 0 Å². The number of nitrogen functional groups attached to an aromatic ring is 1. The highest BCUT2D eigenvalue weighted by Crippen LogP contribution is 2.33. The van der Waals surface area contributed by atoms with Crippen LogP contribution in [0.25, 0.3) is 33.5 Å². The lowest BCUT2D eigenvalue weighted by Crippen LogP contribution is -2.47. The number of benzene rings is 1. The van der Waals surface area contributed by atoms with Crippen LogP contribution in [0.3, 0.4) is 0 Å². The number of aryl methyl sites for hydroxylation is 1. The molecule has 1 fully saturated rings. The molecule has 0 unspecified atom stereocenters. The zero-order chi connectivity index (χ0) is 25.4. The van der Waals surface area contributed by atoms with Crippen molar-refractivity contribution in [2.24, 2.45) is 12.8 Å². The molecular formula is C26H32FN9. The van der Waals surface area contributed by atoms with Gasteiger partial charge in [-0.15, -0.1) is 0 Å². The minimum absolute atomic E-state index is 0.00123. The van der Waals surface area contributed by atoms with Gasteiger partial charge in [0.05, 0.1) is 23.1 Å². The first-order valence-electron chi connectivity index (χ1n) is 12.3. The zero-order valence-electron chi connectivity index (χ0n) is 20.9. The van der Waals surface area contributed by atoms with Gasteiger partial charge in [-0.1, -0.05) is 19.9 Å². The summed E-state index contributed by atoms with van der Waals surface area (Å²) in [6.07, 6.45) is 1.77. The highest BCUT2D eigenvalue weighted by Gasteiger charge is 2.21. The van der Waals surface area contributed by atoms with E-state index in [0.29, 0.717) is 17.8 Å². The van der Waals surface area contributed by atoms with Crippen molar-refractivity contribution < 1.29 is 4.39 Å². The summed E-state index contributed by atoms with van der Waals surface area (Å²) in [5.74, 6) is -0.287. The highest BCUT2D eigenvalue weighted by molar-refractivity contribution is 5.87. The minimum Gasteiger partial charge on any atom is -0.368 e. The van der Waals surface area contributed by atoms with Gasteiger partial charge in [-0.2, -0.15) is 5.10 Å². The SMILES string of the molecule is CC(C)c1c2cc(-c3nc(N)nc(-c4ccc(N5CCN(CCN)CC5)cn4)c3F)ccc2nn1C. The summed E-state index contributed by atoms with van der Waals surface area (Å²) in [5.41, 5.74) is 15.9. The lowest BCUT2D eigenvalue weighted by molar-refractivity contribution is 0.265. The molecule has 0 amide bonds. The average molecular weight is 490 g/mol. The normalized spacial score (nSPS) is 14.8. The molecule has 4 N–H and O–H groups in total. The van der Waals surface area contributed by atoms with E-state index < -0.39 is 5.82 Å². The van der Waals surface area contributed by atoms with Crippen molar-refractivity contribution >= 4 is 22.5 Å². The Morgan fingerprint density at radius 3 is 2.44 bits per heavy atom. The molecule has 0 spiro atoms. The molecule has 0 saturated carbocycles. The van der Waals surface area contributed by atoms with Crippen LogP contribution in [-0.2, 0) is 7.05 Å². The maximum absolute atomic E-state index is 15.8. The molecule has 5 rings (SSSR count). The lowest BCUT2D eigenvalue weighted by atomic mass is 10.0. The number of pyridine rings is 1. The van der Waals surface area contributed by atoms with E-state index in [4.69, 9.17) is 11.5 Å². The molecule has 188 valence electrons. The van der Waals surface area contributed by atoms with E-state index in [1.807, 2.05) is 36.0 Å². The fourth-order valence-corrected chi connectivity index (χ4v) is 5.00. The number of anilines is 2. The molecule has 3 aromatic heterocycles. The first kappa shape index (κ1) is 24.1. The largest absolute Gasteiger partial charge is 0.368 e. The van der Waals surface area contributed by atoms with Crippen molar-refractivity contribution in [2.75, 3.05) is 49.9 Å². The van der Waals surface area contributed by atoms with Crippen molar-refractivity contribution in [1.29, 1.82) is 0 Å². The fourth-order valence-electron chi connectivity index (χ4n) is 5.00. The number of rotatable bonds is 6. The topological polar surface area (TPSA) is 115 Å².